The second kappa shape index (κ2) is 4.42. The molecule has 0 saturated heterocycles. The Morgan fingerprint density at radius 3 is 2.69 bits per heavy atom. The van der Waals surface area contributed by atoms with Gasteiger partial charge in [0.1, 0.15) is 5.75 Å². The van der Waals surface area contributed by atoms with E-state index in [1.165, 1.54) is 0 Å². The molecule has 1 heterocycles. The molecule has 1 aromatic rings. The van der Waals surface area contributed by atoms with Crippen molar-refractivity contribution in [2.24, 2.45) is 5.92 Å². The lowest BCUT2D eigenvalue weighted by Gasteiger charge is -2.35. The van der Waals surface area contributed by atoms with Gasteiger partial charge >= 0.3 is 0 Å². The van der Waals surface area contributed by atoms with E-state index in [4.69, 9.17) is 4.74 Å². The lowest BCUT2D eigenvalue weighted by Crippen LogP contribution is -2.30. The Balaban J connectivity index is 2.21. The van der Waals surface area contributed by atoms with Gasteiger partial charge in [-0.2, -0.15) is 0 Å². The largest absolute Gasteiger partial charge is 0.495 e. The van der Waals surface area contributed by atoms with Gasteiger partial charge in [-0.05, 0) is 37.7 Å². The molecule has 3 heteroatoms. The van der Waals surface area contributed by atoms with Crippen molar-refractivity contribution in [3.8, 4) is 5.75 Å². The van der Waals surface area contributed by atoms with Crippen molar-refractivity contribution in [2.75, 3.05) is 7.11 Å². The SMILES string of the molecule is COc1cncc(C2(O)CCC(C)CC2)c1. The van der Waals surface area contributed by atoms with Crippen LogP contribution >= 0.6 is 0 Å². The van der Waals surface area contributed by atoms with Gasteiger partial charge in [-0.1, -0.05) is 6.92 Å². The average Bonchev–Trinajstić information content (AvgIpc) is 2.33. The van der Waals surface area contributed by atoms with Gasteiger partial charge in [0.25, 0.3) is 0 Å². The van der Waals surface area contributed by atoms with E-state index in [2.05, 4.69) is 11.9 Å². The molecule has 0 aliphatic heterocycles. The highest BCUT2D eigenvalue weighted by Gasteiger charge is 2.33. The second-order valence-electron chi connectivity index (χ2n) is 4.83. The molecule has 0 amide bonds. The van der Waals surface area contributed by atoms with Crippen molar-refractivity contribution in [1.29, 1.82) is 0 Å². The molecule has 16 heavy (non-hydrogen) atoms. The number of ether oxygens (including phenoxy) is 1. The van der Waals surface area contributed by atoms with Crippen LogP contribution in [-0.2, 0) is 5.60 Å². The third-order valence-electron chi connectivity index (χ3n) is 3.59. The number of hydrogen-bond donors (Lipinski definition) is 1. The number of hydrogen-bond acceptors (Lipinski definition) is 3. The Morgan fingerprint density at radius 1 is 1.38 bits per heavy atom. The van der Waals surface area contributed by atoms with E-state index in [0.717, 1.165) is 37.2 Å². The number of rotatable bonds is 2. The molecule has 0 atom stereocenters. The first-order chi connectivity index (χ1) is 7.64. The monoisotopic (exact) mass is 221 g/mol. The van der Waals surface area contributed by atoms with Gasteiger partial charge in [-0.25, -0.2) is 0 Å². The van der Waals surface area contributed by atoms with Gasteiger partial charge in [-0.15, -0.1) is 0 Å². The maximum absolute atomic E-state index is 10.6. The first-order valence-electron chi connectivity index (χ1n) is 5.86. The lowest BCUT2D eigenvalue weighted by molar-refractivity contribution is -0.0124. The predicted octanol–water partition coefficient (Wildman–Crippen LogP) is 2.49. The van der Waals surface area contributed by atoms with E-state index in [1.54, 1.807) is 19.5 Å². The van der Waals surface area contributed by atoms with Crippen molar-refractivity contribution in [3.63, 3.8) is 0 Å². The van der Waals surface area contributed by atoms with Crippen LogP contribution in [0.25, 0.3) is 0 Å². The van der Waals surface area contributed by atoms with E-state index < -0.39 is 5.60 Å². The summed E-state index contributed by atoms with van der Waals surface area (Å²) in [4.78, 5) is 4.11. The Morgan fingerprint density at radius 2 is 2.06 bits per heavy atom. The summed E-state index contributed by atoms with van der Waals surface area (Å²) in [7, 11) is 1.62. The van der Waals surface area contributed by atoms with Crippen LogP contribution in [0.4, 0.5) is 0 Å². The van der Waals surface area contributed by atoms with Gasteiger partial charge < -0.3 is 9.84 Å². The van der Waals surface area contributed by atoms with Crippen LogP contribution in [-0.4, -0.2) is 17.2 Å². The van der Waals surface area contributed by atoms with Crippen LogP contribution in [0, 0.1) is 5.92 Å². The zero-order valence-electron chi connectivity index (χ0n) is 9.94. The Labute approximate surface area is 96.5 Å². The quantitative estimate of drug-likeness (QED) is 0.834. The highest BCUT2D eigenvalue weighted by atomic mass is 16.5. The van der Waals surface area contributed by atoms with Crippen molar-refractivity contribution < 1.29 is 9.84 Å². The number of methoxy groups -OCH3 is 1. The fraction of sp³-hybridized carbons (Fsp3) is 0.615. The Kier molecular flexibility index (Phi) is 3.15. The minimum absolute atomic E-state index is 0.700. The van der Waals surface area contributed by atoms with E-state index >= 15 is 0 Å². The van der Waals surface area contributed by atoms with Crippen molar-refractivity contribution in [1.82, 2.24) is 4.98 Å². The third-order valence-corrected chi connectivity index (χ3v) is 3.59. The van der Waals surface area contributed by atoms with Crippen LogP contribution in [0.1, 0.15) is 38.2 Å². The first kappa shape index (κ1) is 11.4. The number of nitrogens with zero attached hydrogens (tertiary/aromatic N) is 1. The lowest BCUT2D eigenvalue weighted by atomic mass is 9.76. The fourth-order valence-electron chi connectivity index (χ4n) is 2.31. The molecule has 0 bridgehead atoms. The molecule has 2 rings (SSSR count). The minimum Gasteiger partial charge on any atom is -0.495 e. The summed E-state index contributed by atoms with van der Waals surface area (Å²) < 4.78 is 5.14. The summed E-state index contributed by atoms with van der Waals surface area (Å²) in [5.74, 6) is 1.43. The van der Waals surface area contributed by atoms with E-state index in [-0.39, 0.29) is 0 Å². The molecule has 0 unspecified atom stereocenters. The van der Waals surface area contributed by atoms with Gasteiger partial charge in [0.05, 0.1) is 18.9 Å². The summed E-state index contributed by atoms with van der Waals surface area (Å²) in [6.07, 6.45) is 7.21. The van der Waals surface area contributed by atoms with E-state index in [1.807, 2.05) is 6.07 Å². The topological polar surface area (TPSA) is 42.4 Å². The summed E-state index contributed by atoms with van der Waals surface area (Å²) in [6.45, 7) is 2.24. The van der Waals surface area contributed by atoms with Crippen LogP contribution in [0.5, 0.6) is 5.75 Å². The van der Waals surface area contributed by atoms with Crippen LogP contribution in [0.2, 0.25) is 0 Å². The summed E-state index contributed by atoms with van der Waals surface area (Å²) in [5, 5.41) is 10.6. The maximum atomic E-state index is 10.6. The smallest absolute Gasteiger partial charge is 0.137 e. The number of aliphatic hydroxyl groups is 1. The summed E-state index contributed by atoms with van der Waals surface area (Å²) in [5.41, 5.74) is 0.187. The molecule has 1 N–H and O–H groups in total. The standard InChI is InChI=1S/C13H19NO2/c1-10-3-5-13(15,6-4-10)11-7-12(16-2)9-14-8-11/h7-10,15H,3-6H2,1-2H3. The zero-order valence-corrected chi connectivity index (χ0v) is 9.94. The highest BCUT2D eigenvalue weighted by molar-refractivity contribution is 5.28. The molecule has 1 aliphatic rings. The summed E-state index contributed by atoms with van der Waals surface area (Å²) in [6, 6.07) is 1.89. The molecule has 88 valence electrons. The maximum Gasteiger partial charge on any atom is 0.137 e. The highest BCUT2D eigenvalue weighted by Crippen LogP contribution is 2.39. The average molecular weight is 221 g/mol. The fourth-order valence-corrected chi connectivity index (χ4v) is 2.31. The molecule has 1 saturated carbocycles. The van der Waals surface area contributed by atoms with Gasteiger partial charge in [-0.3, -0.25) is 4.98 Å². The number of pyridine rings is 1. The first-order valence-corrected chi connectivity index (χ1v) is 5.86. The molecule has 1 fully saturated rings. The Hall–Kier alpha value is -1.09. The number of aromatic nitrogens is 1. The van der Waals surface area contributed by atoms with Crippen molar-refractivity contribution >= 4 is 0 Å². The van der Waals surface area contributed by atoms with Crippen molar-refractivity contribution in [3.05, 3.63) is 24.0 Å². The van der Waals surface area contributed by atoms with Gasteiger partial charge in [0.2, 0.25) is 0 Å². The zero-order chi connectivity index (χ0) is 11.6. The van der Waals surface area contributed by atoms with Crippen LogP contribution in [0.3, 0.4) is 0 Å². The normalized spacial score (nSPS) is 30.1. The van der Waals surface area contributed by atoms with E-state index in [0.29, 0.717) is 5.75 Å². The predicted molar refractivity (Wildman–Crippen MR) is 62.3 cm³/mol. The Bertz CT molecular complexity index is 357. The van der Waals surface area contributed by atoms with Crippen LogP contribution < -0.4 is 4.74 Å². The molecular formula is C13H19NO2. The van der Waals surface area contributed by atoms with Gasteiger partial charge in [0, 0.05) is 11.8 Å². The molecule has 0 radical (unpaired) electrons. The molecular weight excluding hydrogens is 202 g/mol. The van der Waals surface area contributed by atoms with E-state index in [9.17, 15) is 5.11 Å². The minimum atomic E-state index is -0.700. The third kappa shape index (κ3) is 2.19. The molecule has 0 aromatic carbocycles. The molecule has 3 nitrogen and oxygen atoms in total. The second-order valence-corrected chi connectivity index (χ2v) is 4.83. The molecule has 1 aromatic heterocycles. The summed E-state index contributed by atoms with van der Waals surface area (Å²) >= 11 is 0. The van der Waals surface area contributed by atoms with Crippen LogP contribution in [0.15, 0.2) is 18.5 Å². The molecule has 0 spiro atoms. The molecule has 1 aliphatic carbocycles. The van der Waals surface area contributed by atoms with Crippen molar-refractivity contribution in [2.45, 2.75) is 38.2 Å². The van der Waals surface area contributed by atoms with Gasteiger partial charge in [0.15, 0.2) is 0 Å².